The molecule has 2 rings (SSSR count). The lowest BCUT2D eigenvalue weighted by Gasteiger charge is -2.15. The Kier molecular flexibility index (Phi) is 7.68. The normalized spacial score (nSPS) is 11.3. The van der Waals surface area contributed by atoms with Gasteiger partial charge < -0.3 is 24.3 Å². The quantitative estimate of drug-likeness (QED) is 0.665. The number of aryl methyl sites for hydroxylation is 1. The number of amides is 1. The number of nitrogens with one attached hydrogen (secondary N) is 1. The monoisotopic (exact) mass is 387 g/mol. The zero-order valence-electron chi connectivity index (χ0n) is 16.5. The van der Waals surface area contributed by atoms with Gasteiger partial charge in [-0.05, 0) is 43.2 Å². The second-order valence-corrected chi connectivity index (χ2v) is 6.04. The molecular weight excluding hydrogens is 362 g/mol. The van der Waals surface area contributed by atoms with E-state index in [-0.39, 0.29) is 6.42 Å². The minimum atomic E-state index is -0.933. The Morgan fingerprint density at radius 3 is 2.21 bits per heavy atom. The highest BCUT2D eigenvalue weighted by atomic mass is 16.5. The van der Waals surface area contributed by atoms with Crippen molar-refractivity contribution >= 4 is 17.6 Å². The Morgan fingerprint density at radius 1 is 0.964 bits per heavy atom. The Bertz CT molecular complexity index is 798. The van der Waals surface area contributed by atoms with Crippen molar-refractivity contribution in [2.24, 2.45) is 0 Å². The van der Waals surface area contributed by atoms with E-state index in [1.807, 2.05) is 12.1 Å². The van der Waals surface area contributed by atoms with Crippen LogP contribution in [0, 0.1) is 0 Å². The molecule has 0 spiro atoms. The second kappa shape index (κ2) is 10.2. The maximum Gasteiger partial charge on any atom is 0.306 e. The van der Waals surface area contributed by atoms with Crippen LogP contribution in [-0.4, -0.2) is 39.3 Å². The smallest absolute Gasteiger partial charge is 0.306 e. The maximum atomic E-state index is 12.3. The van der Waals surface area contributed by atoms with Gasteiger partial charge in [0.05, 0.1) is 27.0 Å². The van der Waals surface area contributed by atoms with E-state index in [1.165, 1.54) is 14.0 Å². The molecule has 1 N–H and O–H groups in total. The van der Waals surface area contributed by atoms with Gasteiger partial charge in [-0.15, -0.1) is 0 Å². The molecule has 0 saturated heterocycles. The lowest BCUT2D eigenvalue weighted by atomic mass is 10.1. The first-order chi connectivity index (χ1) is 13.5. The fraction of sp³-hybridized carbons (Fsp3) is 0.333. The molecule has 1 atom stereocenters. The first-order valence-corrected chi connectivity index (χ1v) is 8.82. The lowest BCUT2D eigenvalue weighted by molar-refractivity contribution is -0.153. The fourth-order valence-electron chi connectivity index (χ4n) is 2.55. The van der Waals surface area contributed by atoms with Crippen LogP contribution in [-0.2, 0) is 20.7 Å². The SMILES string of the molecule is COc1cc(CCC(=O)O[C@@H](C)C(=O)Nc2ccccc2OC)cc(OC)c1. The van der Waals surface area contributed by atoms with Crippen molar-refractivity contribution in [3.63, 3.8) is 0 Å². The molecule has 0 bridgehead atoms. The molecule has 2 aromatic carbocycles. The van der Waals surface area contributed by atoms with E-state index in [2.05, 4.69) is 5.32 Å². The summed E-state index contributed by atoms with van der Waals surface area (Å²) in [4.78, 5) is 24.4. The van der Waals surface area contributed by atoms with Crippen molar-refractivity contribution in [1.82, 2.24) is 0 Å². The molecule has 0 radical (unpaired) electrons. The lowest BCUT2D eigenvalue weighted by Crippen LogP contribution is -2.30. The summed E-state index contributed by atoms with van der Waals surface area (Å²) in [5.41, 5.74) is 1.39. The predicted molar refractivity (Wildman–Crippen MR) is 105 cm³/mol. The van der Waals surface area contributed by atoms with Crippen LogP contribution >= 0.6 is 0 Å². The van der Waals surface area contributed by atoms with Crippen molar-refractivity contribution in [3.05, 3.63) is 48.0 Å². The summed E-state index contributed by atoms with van der Waals surface area (Å²) in [6.45, 7) is 1.53. The Morgan fingerprint density at radius 2 is 1.61 bits per heavy atom. The molecule has 0 aliphatic heterocycles. The van der Waals surface area contributed by atoms with E-state index >= 15 is 0 Å². The molecule has 28 heavy (non-hydrogen) atoms. The minimum absolute atomic E-state index is 0.128. The van der Waals surface area contributed by atoms with Gasteiger partial charge in [0.15, 0.2) is 6.10 Å². The maximum absolute atomic E-state index is 12.3. The van der Waals surface area contributed by atoms with Crippen LogP contribution in [0.5, 0.6) is 17.2 Å². The molecular formula is C21H25NO6. The highest BCUT2D eigenvalue weighted by Crippen LogP contribution is 2.24. The molecule has 0 saturated carbocycles. The average molecular weight is 387 g/mol. The number of para-hydroxylation sites is 2. The Balaban J connectivity index is 1.89. The van der Waals surface area contributed by atoms with Crippen molar-refractivity contribution in [3.8, 4) is 17.2 Å². The molecule has 0 unspecified atom stereocenters. The van der Waals surface area contributed by atoms with Crippen LogP contribution in [0.15, 0.2) is 42.5 Å². The van der Waals surface area contributed by atoms with Gasteiger partial charge in [0.25, 0.3) is 5.91 Å². The first-order valence-electron chi connectivity index (χ1n) is 8.82. The van der Waals surface area contributed by atoms with E-state index < -0.39 is 18.0 Å². The summed E-state index contributed by atoms with van der Waals surface area (Å²) >= 11 is 0. The molecule has 7 nitrogen and oxygen atoms in total. The van der Waals surface area contributed by atoms with Crippen LogP contribution in [0.4, 0.5) is 5.69 Å². The number of methoxy groups -OCH3 is 3. The van der Waals surface area contributed by atoms with E-state index in [1.54, 1.807) is 44.6 Å². The third-order valence-electron chi connectivity index (χ3n) is 4.07. The van der Waals surface area contributed by atoms with Gasteiger partial charge in [-0.3, -0.25) is 9.59 Å². The van der Waals surface area contributed by atoms with Crippen LogP contribution in [0.1, 0.15) is 18.9 Å². The fourth-order valence-corrected chi connectivity index (χ4v) is 2.55. The number of benzene rings is 2. The van der Waals surface area contributed by atoms with Crippen molar-refractivity contribution in [2.75, 3.05) is 26.6 Å². The van der Waals surface area contributed by atoms with Crippen molar-refractivity contribution in [1.29, 1.82) is 0 Å². The molecule has 7 heteroatoms. The number of carbonyl (C=O) groups excluding carboxylic acids is 2. The van der Waals surface area contributed by atoms with Crippen molar-refractivity contribution in [2.45, 2.75) is 25.9 Å². The summed E-state index contributed by atoms with van der Waals surface area (Å²) in [5, 5.41) is 2.70. The van der Waals surface area contributed by atoms with Gasteiger partial charge in [0.1, 0.15) is 17.2 Å². The van der Waals surface area contributed by atoms with Gasteiger partial charge >= 0.3 is 5.97 Å². The van der Waals surface area contributed by atoms with Crippen LogP contribution in [0.25, 0.3) is 0 Å². The highest BCUT2D eigenvalue weighted by molar-refractivity contribution is 5.96. The van der Waals surface area contributed by atoms with E-state index in [9.17, 15) is 9.59 Å². The van der Waals surface area contributed by atoms with E-state index in [0.717, 1.165) is 5.56 Å². The topological polar surface area (TPSA) is 83.1 Å². The molecule has 0 fully saturated rings. The molecule has 0 heterocycles. The highest BCUT2D eigenvalue weighted by Gasteiger charge is 2.19. The minimum Gasteiger partial charge on any atom is -0.497 e. The molecule has 0 aliphatic rings. The van der Waals surface area contributed by atoms with Gasteiger partial charge in [0, 0.05) is 12.5 Å². The molecule has 2 aromatic rings. The Hall–Kier alpha value is -3.22. The number of ether oxygens (including phenoxy) is 4. The molecule has 150 valence electrons. The summed E-state index contributed by atoms with van der Waals surface area (Å²) in [7, 11) is 4.64. The van der Waals surface area contributed by atoms with E-state index in [4.69, 9.17) is 18.9 Å². The number of esters is 1. The zero-order chi connectivity index (χ0) is 20.5. The van der Waals surface area contributed by atoms with Crippen molar-refractivity contribution < 1.29 is 28.5 Å². The standard InChI is InChI=1S/C21H25NO6/c1-14(21(24)22-18-7-5-6-8-19(18)27-4)28-20(23)10-9-15-11-16(25-2)13-17(12-15)26-3/h5-8,11-14H,9-10H2,1-4H3,(H,22,24)/t14-/m0/s1. The van der Waals surface area contributed by atoms with Crippen LogP contribution in [0.2, 0.25) is 0 Å². The zero-order valence-corrected chi connectivity index (χ0v) is 16.5. The van der Waals surface area contributed by atoms with E-state index in [0.29, 0.717) is 29.4 Å². The average Bonchev–Trinajstić information content (AvgIpc) is 2.72. The summed E-state index contributed by atoms with van der Waals surface area (Å²) < 4.78 is 20.9. The largest absolute Gasteiger partial charge is 0.497 e. The number of carbonyl (C=O) groups is 2. The number of anilines is 1. The summed E-state index contributed by atoms with van der Waals surface area (Å²) in [6, 6.07) is 12.4. The Labute approximate surface area is 164 Å². The van der Waals surface area contributed by atoms with Gasteiger partial charge in [-0.2, -0.15) is 0 Å². The number of rotatable bonds is 9. The number of hydrogen-bond acceptors (Lipinski definition) is 6. The van der Waals surface area contributed by atoms with Crippen LogP contribution < -0.4 is 19.5 Å². The molecule has 0 aliphatic carbocycles. The number of hydrogen-bond donors (Lipinski definition) is 1. The van der Waals surface area contributed by atoms with Gasteiger partial charge in [0.2, 0.25) is 0 Å². The van der Waals surface area contributed by atoms with Crippen LogP contribution in [0.3, 0.4) is 0 Å². The van der Waals surface area contributed by atoms with Gasteiger partial charge in [-0.25, -0.2) is 0 Å². The molecule has 1 amide bonds. The predicted octanol–water partition coefficient (Wildman–Crippen LogP) is 3.22. The summed E-state index contributed by atoms with van der Waals surface area (Å²) in [5.74, 6) is 0.922. The third-order valence-corrected chi connectivity index (χ3v) is 4.07. The third kappa shape index (κ3) is 5.90. The molecule has 0 aromatic heterocycles. The first kappa shape index (κ1) is 21.1. The second-order valence-electron chi connectivity index (χ2n) is 6.04. The van der Waals surface area contributed by atoms with Gasteiger partial charge in [-0.1, -0.05) is 12.1 Å². The summed E-state index contributed by atoms with van der Waals surface area (Å²) in [6.07, 6.45) is -0.368.